The van der Waals surface area contributed by atoms with Crippen LogP contribution in [0.3, 0.4) is 0 Å². The fourth-order valence-corrected chi connectivity index (χ4v) is 6.21. The summed E-state index contributed by atoms with van der Waals surface area (Å²) in [6, 6.07) is 4.26. The van der Waals surface area contributed by atoms with Crippen LogP contribution in [-0.2, 0) is 21.2 Å². The first-order valence-corrected chi connectivity index (χ1v) is 13.0. The molecule has 1 saturated heterocycles. The highest BCUT2D eigenvalue weighted by atomic mass is 35.5. The van der Waals surface area contributed by atoms with Gasteiger partial charge in [0, 0.05) is 31.6 Å². The molecule has 0 bridgehead atoms. The molecule has 0 radical (unpaired) electrons. The quantitative estimate of drug-likeness (QED) is 0.360. The molecule has 1 amide bonds. The largest absolute Gasteiger partial charge is 0.441 e. The first-order valence-electron chi connectivity index (χ1n) is 10.3. The fraction of sp³-hybridized carbons (Fsp3) is 0.350. The lowest BCUT2D eigenvalue weighted by Crippen LogP contribution is -2.42. The van der Waals surface area contributed by atoms with E-state index in [-0.39, 0.29) is 40.3 Å². The minimum atomic E-state index is -4.01. The van der Waals surface area contributed by atoms with Gasteiger partial charge in [0.2, 0.25) is 17.6 Å². The van der Waals surface area contributed by atoms with Crippen LogP contribution in [0, 0.1) is 16.0 Å². The maximum Gasteiger partial charge on any atom is 0.324 e. The van der Waals surface area contributed by atoms with Crippen LogP contribution >= 0.6 is 22.9 Å². The van der Waals surface area contributed by atoms with Crippen LogP contribution in [0.15, 0.2) is 39.2 Å². The molecule has 1 fully saturated rings. The number of nitrogens with one attached hydrogen (secondary N) is 1. The van der Waals surface area contributed by atoms with Crippen molar-refractivity contribution in [1.29, 1.82) is 0 Å². The predicted octanol–water partition coefficient (Wildman–Crippen LogP) is 3.64. The Kier molecular flexibility index (Phi) is 6.86. The van der Waals surface area contributed by atoms with Gasteiger partial charge in [-0.15, -0.1) is 11.3 Å². The summed E-state index contributed by atoms with van der Waals surface area (Å²) in [5, 5.41) is 11.9. The number of hydrogen-bond acceptors (Lipinski definition) is 10. The summed E-state index contributed by atoms with van der Waals surface area (Å²) < 4.78 is 32.8. The van der Waals surface area contributed by atoms with E-state index in [4.69, 9.17) is 16.0 Å². The zero-order valence-electron chi connectivity index (χ0n) is 17.9. The molecule has 0 aliphatic carbocycles. The Hall–Kier alpha value is -3.03. The highest BCUT2D eigenvalue weighted by Gasteiger charge is 2.33. The van der Waals surface area contributed by atoms with Crippen LogP contribution in [0.4, 0.5) is 11.5 Å². The SMILES string of the molecule is CCc1cnc(-c2ccnc(N3CCC(C(=O)NS(=O)(=O)c4ccc(Cl)s4)CC3)c2[N+](=O)[O-])o1. The molecular weight excluding hydrogens is 506 g/mol. The molecular formula is C20H20ClN5O6S2. The van der Waals surface area contributed by atoms with Gasteiger partial charge in [0.1, 0.15) is 15.5 Å². The lowest BCUT2D eigenvalue weighted by molar-refractivity contribution is -0.383. The molecule has 3 aromatic rings. The number of aryl methyl sites for hydroxylation is 1. The molecule has 3 aromatic heterocycles. The number of rotatable bonds is 7. The number of piperidine rings is 1. The third-order valence-electron chi connectivity index (χ3n) is 5.43. The third-order valence-corrected chi connectivity index (χ3v) is 8.50. The van der Waals surface area contributed by atoms with Gasteiger partial charge in [-0.05, 0) is 31.0 Å². The van der Waals surface area contributed by atoms with Crippen LogP contribution < -0.4 is 9.62 Å². The maximum absolute atomic E-state index is 12.6. The predicted molar refractivity (Wildman–Crippen MR) is 125 cm³/mol. The Balaban J connectivity index is 1.49. The average molecular weight is 526 g/mol. The Bertz CT molecular complexity index is 1330. The van der Waals surface area contributed by atoms with Crippen LogP contribution in [0.2, 0.25) is 4.34 Å². The molecule has 14 heteroatoms. The lowest BCUT2D eigenvalue weighted by Gasteiger charge is -2.31. The van der Waals surface area contributed by atoms with Crippen molar-refractivity contribution in [3.05, 3.63) is 50.8 Å². The van der Waals surface area contributed by atoms with Gasteiger partial charge in [0.25, 0.3) is 10.0 Å². The number of carbonyl (C=O) groups excluding carboxylic acids is 1. The van der Waals surface area contributed by atoms with Crippen LogP contribution in [-0.4, -0.2) is 42.3 Å². The monoisotopic (exact) mass is 525 g/mol. The van der Waals surface area contributed by atoms with Crippen molar-refractivity contribution in [2.24, 2.45) is 5.92 Å². The summed E-state index contributed by atoms with van der Waals surface area (Å²) in [5.74, 6) is -0.289. The van der Waals surface area contributed by atoms with Crippen LogP contribution in [0.25, 0.3) is 11.5 Å². The second-order valence-electron chi connectivity index (χ2n) is 7.56. The number of amides is 1. The number of thiophene rings is 1. The van der Waals surface area contributed by atoms with Gasteiger partial charge in [-0.3, -0.25) is 14.9 Å². The zero-order valence-corrected chi connectivity index (χ0v) is 20.3. The number of hydrogen-bond donors (Lipinski definition) is 1. The Labute approximate surface area is 204 Å². The molecule has 0 unspecified atom stereocenters. The van der Waals surface area contributed by atoms with Crippen molar-refractivity contribution < 1.29 is 22.6 Å². The summed E-state index contributed by atoms with van der Waals surface area (Å²) in [7, 11) is -4.01. The third kappa shape index (κ3) is 4.91. The van der Waals surface area contributed by atoms with Crippen molar-refractivity contribution in [1.82, 2.24) is 14.7 Å². The summed E-state index contributed by atoms with van der Waals surface area (Å²) in [6.45, 7) is 2.45. The van der Waals surface area contributed by atoms with Crippen LogP contribution in [0.1, 0.15) is 25.5 Å². The van der Waals surface area contributed by atoms with Crippen molar-refractivity contribution in [3.63, 3.8) is 0 Å². The van der Waals surface area contributed by atoms with Gasteiger partial charge in [-0.25, -0.2) is 23.1 Å². The molecule has 1 N–H and O–H groups in total. The minimum absolute atomic E-state index is 0.0438. The van der Waals surface area contributed by atoms with E-state index in [1.54, 1.807) is 4.90 Å². The Morgan fingerprint density at radius 2 is 2.06 bits per heavy atom. The zero-order chi connectivity index (χ0) is 24.5. The van der Waals surface area contributed by atoms with E-state index in [1.165, 1.54) is 30.6 Å². The molecule has 0 aromatic carbocycles. The van der Waals surface area contributed by atoms with Gasteiger partial charge in [-0.1, -0.05) is 18.5 Å². The molecule has 11 nitrogen and oxygen atoms in total. The van der Waals surface area contributed by atoms with E-state index in [0.29, 0.717) is 29.4 Å². The Morgan fingerprint density at radius 1 is 1.32 bits per heavy atom. The second kappa shape index (κ2) is 9.68. The van der Waals surface area contributed by atoms with Gasteiger partial charge in [-0.2, -0.15) is 0 Å². The molecule has 4 heterocycles. The molecule has 0 spiro atoms. The lowest BCUT2D eigenvalue weighted by atomic mass is 9.96. The fourth-order valence-electron chi connectivity index (χ4n) is 3.68. The van der Waals surface area contributed by atoms with Crippen molar-refractivity contribution in [2.45, 2.75) is 30.4 Å². The minimum Gasteiger partial charge on any atom is -0.441 e. The summed E-state index contributed by atoms with van der Waals surface area (Å²) >= 11 is 6.65. The van der Waals surface area contributed by atoms with E-state index in [9.17, 15) is 23.3 Å². The number of nitro groups is 1. The van der Waals surface area contributed by atoms with Gasteiger partial charge in [0.15, 0.2) is 0 Å². The highest BCUT2D eigenvalue weighted by Crippen LogP contribution is 2.37. The van der Waals surface area contributed by atoms with Crippen molar-refractivity contribution in [3.8, 4) is 11.5 Å². The molecule has 0 saturated carbocycles. The van der Waals surface area contributed by atoms with E-state index in [2.05, 4.69) is 14.7 Å². The van der Waals surface area contributed by atoms with Crippen molar-refractivity contribution >= 4 is 50.4 Å². The van der Waals surface area contributed by atoms with Crippen molar-refractivity contribution in [2.75, 3.05) is 18.0 Å². The summed E-state index contributed by atoms with van der Waals surface area (Å²) in [6.07, 6.45) is 4.18. The number of anilines is 1. The maximum atomic E-state index is 12.6. The Morgan fingerprint density at radius 3 is 2.65 bits per heavy atom. The summed E-state index contributed by atoms with van der Waals surface area (Å²) in [4.78, 5) is 34.1. The number of nitrogens with zero attached hydrogens (tertiary/aromatic N) is 4. The number of pyridine rings is 1. The molecule has 34 heavy (non-hydrogen) atoms. The number of sulfonamides is 1. The standard InChI is InChI=1S/C20H20ClN5O6S2/c1-2-13-11-23-20(32-13)14-5-8-22-18(17(14)26(28)29)25-9-6-12(7-10-25)19(27)24-34(30,31)16-4-3-15(21)33-16/h3-5,8,11-12H,2,6-7,9-10H2,1H3,(H,24,27). The molecule has 1 aliphatic heterocycles. The summed E-state index contributed by atoms with van der Waals surface area (Å²) in [5.41, 5.74) is -0.0117. The topological polar surface area (TPSA) is 149 Å². The normalized spacial score (nSPS) is 14.8. The van der Waals surface area contributed by atoms with Crippen LogP contribution in [0.5, 0.6) is 0 Å². The first kappa shape index (κ1) is 24.1. The van der Waals surface area contributed by atoms with E-state index < -0.39 is 26.8 Å². The molecule has 180 valence electrons. The van der Waals surface area contributed by atoms with E-state index in [0.717, 1.165) is 11.3 Å². The number of aromatic nitrogens is 2. The molecule has 1 aliphatic rings. The first-order chi connectivity index (χ1) is 16.2. The average Bonchev–Trinajstić information content (AvgIpc) is 3.48. The van der Waals surface area contributed by atoms with E-state index in [1.807, 2.05) is 6.92 Å². The number of oxazole rings is 1. The van der Waals surface area contributed by atoms with Gasteiger partial charge >= 0.3 is 5.69 Å². The number of carbonyl (C=O) groups is 1. The second-order valence-corrected chi connectivity index (χ2v) is 11.2. The smallest absolute Gasteiger partial charge is 0.324 e. The van der Waals surface area contributed by atoms with Gasteiger partial charge in [0.05, 0.1) is 15.5 Å². The molecule has 0 atom stereocenters. The van der Waals surface area contributed by atoms with E-state index >= 15 is 0 Å². The van der Waals surface area contributed by atoms with Gasteiger partial charge < -0.3 is 9.32 Å². The molecule has 4 rings (SSSR count). The number of halogens is 1. The highest BCUT2D eigenvalue weighted by molar-refractivity contribution is 7.92.